The van der Waals surface area contributed by atoms with Crippen LogP contribution in [0.5, 0.6) is 0 Å². The van der Waals surface area contributed by atoms with E-state index in [0.29, 0.717) is 5.69 Å². The molecule has 1 aromatic carbocycles. The molecule has 0 unspecified atom stereocenters. The average molecular weight is 495 g/mol. The Morgan fingerprint density at radius 3 is 2.56 bits per heavy atom. The number of aromatic nitrogens is 4. The van der Waals surface area contributed by atoms with Crippen molar-refractivity contribution in [3.05, 3.63) is 40.2 Å². The van der Waals surface area contributed by atoms with E-state index in [0.717, 1.165) is 16.6 Å². The van der Waals surface area contributed by atoms with Crippen molar-refractivity contribution in [3.8, 4) is 0 Å². The Kier molecular flexibility index (Phi) is 6.60. The molecule has 16 heteroatoms. The highest BCUT2D eigenvalue weighted by Crippen LogP contribution is 2.40. The van der Waals surface area contributed by atoms with Crippen molar-refractivity contribution >= 4 is 36.6 Å². The number of hydrogen-bond donors (Lipinski definition) is 6. The van der Waals surface area contributed by atoms with Crippen LogP contribution in [0, 0.1) is 0 Å². The quantitative estimate of drug-likeness (QED) is 0.194. The second kappa shape index (κ2) is 9.31. The molecule has 4 atom stereocenters. The van der Waals surface area contributed by atoms with Crippen molar-refractivity contribution in [1.29, 1.82) is 0 Å². The summed E-state index contributed by atoms with van der Waals surface area (Å²) in [6.07, 6.45) is -5.11. The molecule has 1 aliphatic heterocycles. The van der Waals surface area contributed by atoms with Crippen LogP contribution in [0.2, 0.25) is 0 Å². The Hall–Kier alpha value is -3.04. The fourth-order valence-electron chi connectivity index (χ4n) is 3.45. The Balaban J connectivity index is 1.75. The molecule has 2 aromatic heterocycles. The zero-order valence-electron chi connectivity index (χ0n) is 17.7. The summed E-state index contributed by atoms with van der Waals surface area (Å²) >= 11 is 0. The Morgan fingerprint density at radius 1 is 1.21 bits per heavy atom. The first-order valence-corrected chi connectivity index (χ1v) is 11.6. The predicted molar refractivity (Wildman–Crippen MR) is 116 cm³/mol. The van der Waals surface area contributed by atoms with E-state index in [1.807, 2.05) is 19.1 Å². The smallest absolute Gasteiger partial charge is 0.387 e. The summed E-state index contributed by atoms with van der Waals surface area (Å²) < 4.78 is 22.1. The topological polar surface area (TPSA) is 231 Å². The summed E-state index contributed by atoms with van der Waals surface area (Å²) in [6.45, 7) is 1.29. The molecule has 15 nitrogen and oxygen atoms in total. The van der Waals surface area contributed by atoms with Gasteiger partial charge < -0.3 is 30.5 Å². The minimum atomic E-state index is -4.86. The maximum Gasteiger partial charge on any atom is 0.469 e. The Morgan fingerprint density at radius 2 is 1.91 bits per heavy atom. The first-order valence-electron chi connectivity index (χ1n) is 10.1. The van der Waals surface area contributed by atoms with Crippen LogP contribution in [0.1, 0.15) is 18.7 Å². The number of rotatable bonds is 7. The zero-order valence-corrected chi connectivity index (χ0v) is 18.6. The first kappa shape index (κ1) is 24.1. The molecule has 1 saturated heterocycles. The van der Waals surface area contributed by atoms with Gasteiger partial charge in [-0.2, -0.15) is 4.98 Å². The summed E-state index contributed by atoms with van der Waals surface area (Å²) in [7, 11) is -4.86. The van der Waals surface area contributed by atoms with Gasteiger partial charge in [0.25, 0.3) is 11.5 Å². The van der Waals surface area contributed by atoms with Gasteiger partial charge in [-0.05, 0) is 24.1 Å². The van der Waals surface area contributed by atoms with E-state index < -0.39 is 44.5 Å². The number of aryl methyl sites for hydroxylation is 1. The molecule has 0 spiro atoms. The van der Waals surface area contributed by atoms with Crippen molar-refractivity contribution in [1.82, 2.24) is 19.5 Å². The fraction of sp³-hybridized carbons (Fsp3) is 0.389. The van der Waals surface area contributed by atoms with Crippen LogP contribution in [0.25, 0.3) is 11.2 Å². The molecule has 34 heavy (non-hydrogen) atoms. The normalized spacial score (nSPS) is 23.3. The number of phosphoric acid groups is 1. The second-order valence-electron chi connectivity index (χ2n) is 7.46. The van der Waals surface area contributed by atoms with Crippen LogP contribution < -0.4 is 11.3 Å². The summed E-state index contributed by atoms with van der Waals surface area (Å²) in [4.78, 5) is 40.7. The maximum atomic E-state index is 12.4. The van der Waals surface area contributed by atoms with Gasteiger partial charge in [0, 0.05) is 0 Å². The summed E-state index contributed by atoms with van der Waals surface area (Å²) in [5, 5.41) is 29.1. The standard InChI is InChI=1S/C18H22N7O8P/c1-2-8-3-5-9(6-4-8)23-24-18-20-11-14(21-17(19)22-15(11)28)25(18)16-13(27)12(26)10(33-16)7-32-34(29,30)31/h3-6,10,12-13,16,26-27H,2,7H2,1H3,(H2,29,30,31)(H3,19,21,22,28)/t10-,12-,13-,16-/m1/s1. The molecule has 0 amide bonds. The third kappa shape index (κ3) is 4.90. The van der Waals surface area contributed by atoms with Crippen LogP contribution in [0.4, 0.5) is 17.6 Å². The minimum Gasteiger partial charge on any atom is -0.387 e. The van der Waals surface area contributed by atoms with Crippen LogP contribution in [0.15, 0.2) is 39.3 Å². The minimum absolute atomic E-state index is 0.107. The van der Waals surface area contributed by atoms with Crippen molar-refractivity contribution in [2.45, 2.75) is 37.9 Å². The van der Waals surface area contributed by atoms with Gasteiger partial charge in [-0.25, -0.2) is 9.55 Å². The van der Waals surface area contributed by atoms with Crippen molar-refractivity contribution in [2.24, 2.45) is 10.2 Å². The third-order valence-corrected chi connectivity index (χ3v) is 5.63. The SMILES string of the molecule is CCc1ccc(N=Nc2nc3c(=O)[nH]c(N)nc3n2[C@@H]2O[C@H](COP(=O)(O)O)[C@@H](O)[C@H]2O)cc1. The lowest BCUT2D eigenvalue weighted by molar-refractivity contribution is -0.0496. The molecule has 0 saturated carbocycles. The number of anilines is 1. The van der Waals surface area contributed by atoms with Crippen molar-refractivity contribution in [2.75, 3.05) is 12.3 Å². The lowest BCUT2D eigenvalue weighted by Crippen LogP contribution is -2.33. The molecule has 7 N–H and O–H groups in total. The second-order valence-corrected chi connectivity index (χ2v) is 8.70. The number of nitrogens with one attached hydrogen (secondary N) is 1. The largest absolute Gasteiger partial charge is 0.469 e. The van der Waals surface area contributed by atoms with Crippen LogP contribution >= 0.6 is 7.82 Å². The number of benzene rings is 1. The highest BCUT2D eigenvalue weighted by Gasteiger charge is 2.46. The number of ether oxygens (including phenoxy) is 1. The van der Waals surface area contributed by atoms with Gasteiger partial charge in [0.05, 0.1) is 12.3 Å². The number of hydrogen-bond acceptors (Lipinski definition) is 11. The first-order chi connectivity index (χ1) is 16.1. The summed E-state index contributed by atoms with van der Waals surface area (Å²) in [6, 6.07) is 7.21. The van der Waals surface area contributed by atoms with Crippen LogP contribution in [0.3, 0.4) is 0 Å². The molecular formula is C18H22N7O8P. The number of azo groups is 1. The molecule has 1 aliphatic rings. The van der Waals surface area contributed by atoms with E-state index in [1.54, 1.807) is 12.1 Å². The number of aromatic amines is 1. The van der Waals surface area contributed by atoms with Gasteiger partial charge in [-0.15, -0.1) is 10.2 Å². The van der Waals surface area contributed by atoms with Crippen LogP contribution in [-0.2, 0) is 20.2 Å². The van der Waals surface area contributed by atoms with E-state index >= 15 is 0 Å². The van der Waals surface area contributed by atoms with Gasteiger partial charge >= 0.3 is 7.82 Å². The number of phosphoric ester groups is 1. The summed E-state index contributed by atoms with van der Waals surface area (Å²) in [5.74, 6) is -0.433. The molecule has 3 heterocycles. The highest BCUT2D eigenvalue weighted by atomic mass is 31.2. The van der Waals surface area contributed by atoms with Gasteiger partial charge in [-0.3, -0.25) is 18.9 Å². The van der Waals surface area contributed by atoms with E-state index in [-0.39, 0.29) is 23.1 Å². The van der Waals surface area contributed by atoms with Crippen LogP contribution in [-0.4, -0.2) is 64.4 Å². The zero-order chi connectivity index (χ0) is 24.6. The monoisotopic (exact) mass is 495 g/mol. The molecular weight excluding hydrogens is 473 g/mol. The van der Waals surface area contributed by atoms with E-state index in [9.17, 15) is 19.6 Å². The number of aliphatic hydroxyl groups excluding tert-OH is 2. The predicted octanol–water partition coefficient (Wildman–Crippen LogP) is 0.408. The number of aliphatic hydroxyl groups is 2. The number of H-pyrrole nitrogens is 1. The highest BCUT2D eigenvalue weighted by molar-refractivity contribution is 7.46. The van der Waals surface area contributed by atoms with Gasteiger partial charge in [0.15, 0.2) is 17.4 Å². The lowest BCUT2D eigenvalue weighted by atomic mass is 10.1. The Bertz CT molecular complexity index is 1320. The van der Waals surface area contributed by atoms with E-state index in [4.69, 9.17) is 20.3 Å². The van der Waals surface area contributed by atoms with Gasteiger partial charge in [0.2, 0.25) is 5.95 Å². The number of imidazole rings is 1. The molecule has 3 aromatic rings. The maximum absolute atomic E-state index is 12.4. The van der Waals surface area contributed by atoms with E-state index in [1.165, 1.54) is 0 Å². The van der Waals surface area contributed by atoms with Gasteiger partial charge in [-0.1, -0.05) is 19.1 Å². The summed E-state index contributed by atoms with van der Waals surface area (Å²) in [5.41, 5.74) is 6.27. The average Bonchev–Trinajstić information content (AvgIpc) is 3.28. The number of nitrogen functional groups attached to an aromatic ring is 1. The third-order valence-electron chi connectivity index (χ3n) is 5.15. The van der Waals surface area contributed by atoms with E-state index in [2.05, 4.69) is 29.7 Å². The lowest BCUT2D eigenvalue weighted by Gasteiger charge is -2.17. The van der Waals surface area contributed by atoms with Crippen molar-refractivity contribution < 1.29 is 33.8 Å². The number of fused-ring (bicyclic) bond motifs is 1. The molecule has 0 radical (unpaired) electrons. The number of nitrogens with two attached hydrogens (primary N) is 1. The van der Waals surface area contributed by atoms with Gasteiger partial charge in [0.1, 0.15) is 18.3 Å². The molecule has 0 aliphatic carbocycles. The van der Waals surface area contributed by atoms with Crippen molar-refractivity contribution in [3.63, 3.8) is 0 Å². The molecule has 0 bridgehead atoms. The molecule has 4 rings (SSSR count). The molecule has 1 fully saturated rings. The number of nitrogens with zero attached hydrogens (tertiary/aromatic N) is 5. The fourth-order valence-corrected chi connectivity index (χ4v) is 3.79. The molecule has 182 valence electrons. The Labute approximate surface area is 191 Å².